The summed E-state index contributed by atoms with van der Waals surface area (Å²) in [5.41, 5.74) is 3.67. The number of H-pyrrole nitrogens is 2. The molecule has 0 spiro atoms. The normalized spacial score (nSPS) is 11.0. The Balaban J connectivity index is 1.83. The van der Waals surface area contributed by atoms with Crippen molar-refractivity contribution in [3.8, 4) is 11.3 Å². The molecule has 0 bridgehead atoms. The van der Waals surface area contributed by atoms with Gasteiger partial charge in [0.15, 0.2) is 0 Å². The average molecular weight is 363 g/mol. The van der Waals surface area contributed by atoms with E-state index in [1.165, 1.54) is 0 Å². The van der Waals surface area contributed by atoms with E-state index < -0.39 is 6.09 Å². The van der Waals surface area contributed by atoms with E-state index in [-0.39, 0.29) is 12.2 Å². The van der Waals surface area contributed by atoms with Crippen LogP contribution in [0.4, 0.5) is 10.7 Å². The third kappa shape index (κ3) is 3.01. The molecule has 1 amide bonds. The first-order valence-corrected chi connectivity index (χ1v) is 8.48. The maximum absolute atomic E-state index is 12.0. The van der Waals surface area contributed by atoms with Crippen molar-refractivity contribution in [1.29, 1.82) is 0 Å². The Bertz CT molecular complexity index is 1230. The number of ether oxygens (including phenoxy) is 1. The van der Waals surface area contributed by atoms with E-state index in [1.54, 1.807) is 13.0 Å². The minimum absolute atomic E-state index is 0.227. The standard InChI is InChI=1S/C19H17N5O3/c1-3-27-19(26)22-18-20-14-9-11(8-10(2)15(14)21-18)16-12-6-4-5-7-13(12)17(25)24-23-16/h4-9H,3H2,1-2H3,(H,24,25)(H2,20,21,22,26). The van der Waals surface area contributed by atoms with Gasteiger partial charge in [0, 0.05) is 10.9 Å². The molecular formula is C19H17N5O3. The van der Waals surface area contributed by atoms with Gasteiger partial charge in [-0.1, -0.05) is 18.2 Å². The average Bonchev–Trinajstić information content (AvgIpc) is 3.05. The van der Waals surface area contributed by atoms with E-state index in [4.69, 9.17) is 4.74 Å². The molecule has 8 heteroatoms. The number of nitrogens with zero attached hydrogens (tertiary/aromatic N) is 2. The molecule has 0 unspecified atom stereocenters. The van der Waals surface area contributed by atoms with E-state index in [1.807, 2.05) is 37.3 Å². The number of carbonyl (C=O) groups is 1. The second kappa shape index (κ2) is 6.56. The van der Waals surface area contributed by atoms with Crippen LogP contribution < -0.4 is 10.9 Å². The van der Waals surface area contributed by atoms with Crippen molar-refractivity contribution in [3.63, 3.8) is 0 Å². The molecule has 0 saturated heterocycles. The van der Waals surface area contributed by atoms with Crippen molar-refractivity contribution in [2.45, 2.75) is 13.8 Å². The predicted octanol–water partition coefficient (Wildman–Crippen LogP) is 3.34. The van der Waals surface area contributed by atoms with Crippen molar-refractivity contribution in [2.24, 2.45) is 0 Å². The van der Waals surface area contributed by atoms with Crippen molar-refractivity contribution in [3.05, 3.63) is 52.3 Å². The number of amides is 1. The highest BCUT2D eigenvalue weighted by Gasteiger charge is 2.14. The smallest absolute Gasteiger partial charge is 0.413 e. The lowest BCUT2D eigenvalue weighted by Crippen LogP contribution is -2.14. The monoisotopic (exact) mass is 363 g/mol. The van der Waals surface area contributed by atoms with Crippen molar-refractivity contribution in [2.75, 3.05) is 11.9 Å². The molecule has 4 rings (SSSR count). The molecule has 0 aliphatic rings. The van der Waals surface area contributed by atoms with Crippen molar-refractivity contribution in [1.82, 2.24) is 20.2 Å². The molecule has 0 aliphatic heterocycles. The van der Waals surface area contributed by atoms with Gasteiger partial charge in [0.25, 0.3) is 5.56 Å². The summed E-state index contributed by atoms with van der Waals surface area (Å²) in [6, 6.07) is 11.2. The molecule has 0 aliphatic carbocycles. The summed E-state index contributed by atoms with van der Waals surface area (Å²) in [5, 5.41) is 10.7. The minimum Gasteiger partial charge on any atom is -0.450 e. The Kier molecular flexibility index (Phi) is 4.08. The summed E-state index contributed by atoms with van der Waals surface area (Å²) in [7, 11) is 0. The molecular weight excluding hydrogens is 346 g/mol. The lowest BCUT2D eigenvalue weighted by Gasteiger charge is -2.06. The number of aromatic amines is 2. The van der Waals surface area contributed by atoms with Crippen LogP contribution in [-0.2, 0) is 4.74 Å². The fraction of sp³-hybridized carbons (Fsp3) is 0.158. The van der Waals surface area contributed by atoms with Crippen molar-refractivity contribution < 1.29 is 9.53 Å². The Morgan fingerprint density at radius 2 is 2.00 bits per heavy atom. The van der Waals surface area contributed by atoms with Crippen LogP contribution in [0.15, 0.2) is 41.2 Å². The largest absolute Gasteiger partial charge is 0.450 e. The molecule has 3 N–H and O–H groups in total. The first-order valence-electron chi connectivity index (χ1n) is 8.48. The molecule has 4 aromatic rings. The maximum atomic E-state index is 12.0. The molecule has 8 nitrogen and oxygen atoms in total. The number of rotatable bonds is 3. The van der Waals surface area contributed by atoms with Crippen LogP contribution in [0.2, 0.25) is 0 Å². The minimum atomic E-state index is -0.567. The van der Waals surface area contributed by atoms with E-state index in [9.17, 15) is 9.59 Å². The summed E-state index contributed by atoms with van der Waals surface area (Å²) in [5.74, 6) is 0.308. The van der Waals surface area contributed by atoms with Gasteiger partial charge < -0.3 is 9.72 Å². The lowest BCUT2D eigenvalue weighted by atomic mass is 10.0. The van der Waals surface area contributed by atoms with Gasteiger partial charge in [0.2, 0.25) is 5.95 Å². The number of fused-ring (bicyclic) bond motifs is 2. The second-order valence-electron chi connectivity index (χ2n) is 6.07. The molecule has 2 aromatic carbocycles. The number of hydrogen-bond donors (Lipinski definition) is 3. The van der Waals surface area contributed by atoms with Crippen LogP contribution in [0, 0.1) is 6.92 Å². The van der Waals surface area contributed by atoms with Gasteiger partial charge in [0.05, 0.1) is 28.7 Å². The first kappa shape index (κ1) is 16.8. The van der Waals surface area contributed by atoms with Gasteiger partial charge in [-0.05, 0) is 37.6 Å². The van der Waals surface area contributed by atoms with Gasteiger partial charge in [-0.25, -0.2) is 14.9 Å². The van der Waals surface area contributed by atoms with Gasteiger partial charge in [0.1, 0.15) is 0 Å². The summed E-state index contributed by atoms with van der Waals surface area (Å²) < 4.78 is 4.87. The summed E-state index contributed by atoms with van der Waals surface area (Å²) >= 11 is 0. The Morgan fingerprint density at radius 3 is 2.78 bits per heavy atom. The molecule has 0 saturated carbocycles. The van der Waals surface area contributed by atoms with E-state index >= 15 is 0 Å². The molecule has 27 heavy (non-hydrogen) atoms. The third-order valence-electron chi connectivity index (χ3n) is 4.24. The Labute approximate surface area is 153 Å². The molecule has 0 fully saturated rings. The highest BCUT2D eigenvalue weighted by Crippen LogP contribution is 2.29. The maximum Gasteiger partial charge on any atom is 0.413 e. The van der Waals surface area contributed by atoms with Crippen molar-refractivity contribution >= 4 is 33.8 Å². The molecule has 2 heterocycles. The summed E-state index contributed by atoms with van der Waals surface area (Å²) in [4.78, 5) is 31.1. The van der Waals surface area contributed by atoms with E-state index in [0.29, 0.717) is 17.0 Å². The van der Waals surface area contributed by atoms with Gasteiger partial charge >= 0.3 is 6.09 Å². The fourth-order valence-electron chi connectivity index (χ4n) is 3.09. The number of nitrogens with one attached hydrogen (secondary N) is 3. The first-order chi connectivity index (χ1) is 13.1. The number of carbonyl (C=O) groups excluding carboxylic acids is 1. The zero-order valence-corrected chi connectivity index (χ0v) is 14.8. The zero-order valence-electron chi connectivity index (χ0n) is 14.8. The predicted molar refractivity (Wildman–Crippen MR) is 103 cm³/mol. The third-order valence-corrected chi connectivity index (χ3v) is 4.24. The fourth-order valence-corrected chi connectivity index (χ4v) is 3.09. The van der Waals surface area contributed by atoms with Crippen LogP contribution in [0.3, 0.4) is 0 Å². The number of benzene rings is 2. The topological polar surface area (TPSA) is 113 Å². The number of anilines is 1. The molecule has 0 atom stereocenters. The number of aromatic nitrogens is 4. The van der Waals surface area contributed by atoms with E-state index in [2.05, 4.69) is 25.5 Å². The molecule has 136 valence electrons. The van der Waals surface area contributed by atoms with E-state index in [0.717, 1.165) is 27.5 Å². The number of hydrogen-bond acceptors (Lipinski definition) is 5. The number of aryl methyl sites for hydroxylation is 1. The van der Waals surface area contributed by atoms with Crippen LogP contribution >= 0.6 is 0 Å². The van der Waals surface area contributed by atoms with Crippen LogP contribution in [0.1, 0.15) is 12.5 Å². The zero-order chi connectivity index (χ0) is 19.0. The lowest BCUT2D eigenvalue weighted by molar-refractivity contribution is 0.167. The Hall–Kier alpha value is -3.68. The second-order valence-corrected chi connectivity index (χ2v) is 6.07. The highest BCUT2D eigenvalue weighted by atomic mass is 16.5. The van der Waals surface area contributed by atoms with Crippen LogP contribution in [0.25, 0.3) is 33.1 Å². The van der Waals surface area contributed by atoms with Gasteiger partial charge in [-0.15, -0.1) is 0 Å². The Morgan fingerprint density at radius 1 is 1.22 bits per heavy atom. The van der Waals surface area contributed by atoms with Gasteiger partial charge in [-0.2, -0.15) is 5.10 Å². The SMILES string of the molecule is CCOC(=O)Nc1nc2c(C)cc(-c3n[nH]c(=O)c4ccccc34)cc2[nH]1. The summed E-state index contributed by atoms with van der Waals surface area (Å²) in [6.07, 6.45) is -0.567. The number of imidazole rings is 1. The molecule has 0 radical (unpaired) electrons. The quantitative estimate of drug-likeness (QED) is 0.517. The molecule has 2 aromatic heterocycles. The summed E-state index contributed by atoms with van der Waals surface area (Å²) in [6.45, 7) is 3.94. The van der Waals surface area contributed by atoms with Crippen LogP contribution in [-0.4, -0.2) is 32.9 Å². The van der Waals surface area contributed by atoms with Crippen LogP contribution in [0.5, 0.6) is 0 Å². The van der Waals surface area contributed by atoms with Gasteiger partial charge in [-0.3, -0.25) is 10.1 Å². The highest BCUT2D eigenvalue weighted by molar-refractivity contribution is 5.96.